The van der Waals surface area contributed by atoms with Crippen molar-refractivity contribution in [2.24, 2.45) is 0 Å². The fourth-order valence-electron chi connectivity index (χ4n) is 1.04. The van der Waals surface area contributed by atoms with Crippen LogP contribution in [0.4, 0.5) is 0 Å². The first-order valence-corrected chi connectivity index (χ1v) is 5.40. The first-order valence-electron chi connectivity index (χ1n) is 5.40. The third-order valence-electron chi connectivity index (χ3n) is 2.01. The fraction of sp³-hybridized carbons (Fsp3) is 0.667. The molecule has 0 fully saturated rings. The van der Waals surface area contributed by atoms with E-state index in [1.807, 2.05) is 6.92 Å². The minimum atomic E-state index is -0.433. The molecule has 0 aromatic rings. The van der Waals surface area contributed by atoms with Gasteiger partial charge in [0.05, 0.1) is 12.2 Å². The standard InChI is InChI=1S/C12H22O2/c1-3-5-6-7-8-12(14)10-9-11(13)4-2/h5-6,9-14H,3-4,7-8H2,1-2H3. The molecule has 0 aliphatic carbocycles. The molecule has 2 atom stereocenters. The van der Waals surface area contributed by atoms with Gasteiger partial charge in [-0.1, -0.05) is 38.2 Å². The molecule has 0 heterocycles. The lowest BCUT2D eigenvalue weighted by atomic mass is 10.1. The number of allylic oxidation sites excluding steroid dienone is 2. The molecule has 0 saturated heterocycles. The largest absolute Gasteiger partial charge is 0.389 e. The number of hydrogen-bond acceptors (Lipinski definition) is 2. The Balaban J connectivity index is 3.59. The Hall–Kier alpha value is -0.600. The van der Waals surface area contributed by atoms with E-state index in [0.717, 1.165) is 19.3 Å². The van der Waals surface area contributed by atoms with Gasteiger partial charge in [0.25, 0.3) is 0 Å². The molecule has 0 bridgehead atoms. The van der Waals surface area contributed by atoms with Gasteiger partial charge in [-0.15, -0.1) is 0 Å². The van der Waals surface area contributed by atoms with Gasteiger partial charge in [0.2, 0.25) is 0 Å². The maximum atomic E-state index is 9.46. The fourth-order valence-corrected chi connectivity index (χ4v) is 1.04. The Bertz CT molecular complexity index is 173. The summed E-state index contributed by atoms with van der Waals surface area (Å²) in [7, 11) is 0. The van der Waals surface area contributed by atoms with Crippen LogP contribution in [0.3, 0.4) is 0 Å². The third-order valence-corrected chi connectivity index (χ3v) is 2.01. The van der Waals surface area contributed by atoms with E-state index in [4.69, 9.17) is 0 Å². The van der Waals surface area contributed by atoms with Gasteiger partial charge < -0.3 is 10.2 Å². The summed E-state index contributed by atoms with van der Waals surface area (Å²) >= 11 is 0. The van der Waals surface area contributed by atoms with E-state index in [0.29, 0.717) is 6.42 Å². The Morgan fingerprint density at radius 3 is 2.21 bits per heavy atom. The van der Waals surface area contributed by atoms with Gasteiger partial charge in [-0.3, -0.25) is 0 Å². The summed E-state index contributed by atoms with van der Waals surface area (Å²) in [6.07, 6.45) is 10.0. The van der Waals surface area contributed by atoms with E-state index in [-0.39, 0.29) is 0 Å². The van der Waals surface area contributed by atoms with Gasteiger partial charge in [0.1, 0.15) is 0 Å². The Morgan fingerprint density at radius 1 is 1.00 bits per heavy atom. The van der Waals surface area contributed by atoms with Crippen molar-refractivity contribution in [2.45, 2.75) is 51.7 Å². The second-order valence-electron chi connectivity index (χ2n) is 3.38. The summed E-state index contributed by atoms with van der Waals surface area (Å²) in [6, 6.07) is 0. The van der Waals surface area contributed by atoms with Gasteiger partial charge in [0, 0.05) is 0 Å². The molecule has 2 unspecified atom stereocenters. The van der Waals surface area contributed by atoms with Crippen molar-refractivity contribution in [3.05, 3.63) is 24.3 Å². The maximum Gasteiger partial charge on any atom is 0.0724 e. The van der Waals surface area contributed by atoms with Crippen molar-refractivity contribution in [1.82, 2.24) is 0 Å². The molecular weight excluding hydrogens is 176 g/mol. The van der Waals surface area contributed by atoms with Crippen LogP contribution >= 0.6 is 0 Å². The highest BCUT2D eigenvalue weighted by Crippen LogP contribution is 2.02. The lowest BCUT2D eigenvalue weighted by Gasteiger charge is -2.04. The van der Waals surface area contributed by atoms with Crippen molar-refractivity contribution in [1.29, 1.82) is 0 Å². The normalized spacial score (nSPS) is 16.6. The summed E-state index contributed by atoms with van der Waals surface area (Å²) in [4.78, 5) is 0. The summed E-state index contributed by atoms with van der Waals surface area (Å²) in [6.45, 7) is 4.00. The van der Waals surface area contributed by atoms with Crippen LogP contribution in [0.25, 0.3) is 0 Å². The summed E-state index contributed by atoms with van der Waals surface area (Å²) in [5.41, 5.74) is 0. The zero-order valence-corrected chi connectivity index (χ0v) is 9.19. The van der Waals surface area contributed by atoms with Crippen molar-refractivity contribution < 1.29 is 10.2 Å². The predicted molar refractivity (Wildman–Crippen MR) is 60.1 cm³/mol. The van der Waals surface area contributed by atoms with Gasteiger partial charge in [-0.05, 0) is 25.7 Å². The van der Waals surface area contributed by atoms with Crippen LogP contribution in [0.1, 0.15) is 39.5 Å². The highest BCUT2D eigenvalue weighted by atomic mass is 16.3. The first-order chi connectivity index (χ1) is 6.70. The Kier molecular flexibility index (Phi) is 8.59. The zero-order valence-electron chi connectivity index (χ0n) is 9.19. The van der Waals surface area contributed by atoms with Crippen molar-refractivity contribution in [3.63, 3.8) is 0 Å². The molecule has 0 radical (unpaired) electrons. The van der Waals surface area contributed by atoms with E-state index in [2.05, 4.69) is 19.1 Å². The van der Waals surface area contributed by atoms with E-state index >= 15 is 0 Å². The zero-order chi connectivity index (χ0) is 10.8. The molecule has 0 aliphatic rings. The molecule has 0 rings (SSSR count). The molecule has 0 amide bonds. The smallest absolute Gasteiger partial charge is 0.0724 e. The van der Waals surface area contributed by atoms with Crippen LogP contribution in [-0.4, -0.2) is 22.4 Å². The molecular formula is C12H22O2. The van der Waals surface area contributed by atoms with E-state index < -0.39 is 12.2 Å². The lowest BCUT2D eigenvalue weighted by Crippen LogP contribution is -2.05. The predicted octanol–water partition coefficient (Wildman–Crippen LogP) is 2.42. The van der Waals surface area contributed by atoms with E-state index in [9.17, 15) is 10.2 Å². The van der Waals surface area contributed by atoms with Crippen molar-refractivity contribution in [2.75, 3.05) is 0 Å². The number of aliphatic hydroxyl groups excluding tert-OH is 2. The van der Waals surface area contributed by atoms with Crippen LogP contribution in [0, 0.1) is 0 Å². The van der Waals surface area contributed by atoms with Crippen molar-refractivity contribution in [3.8, 4) is 0 Å². The minimum Gasteiger partial charge on any atom is -0.389 e. The molecule has 0 aliphatic heterocycles. The van der Waals surface area contributed by atoms with Crippen LogP contribution in [-0.2, 0) is 0 Å². The molecule has 82 valence electrons. The number of rotatable bonds is 7. The quantitative estimate of drug-likeness (QED) is 0.617. The second-order valence-corrected chi connectivity index (χ2v) is 3.38. The molecule has 2 N–H and O–H groups in total. The van der Waals surface area contributed by atoms with E-state index in [1.54, 1.807) is 12.2 Å². The van der Waals surface area contributed by atoms with Crippen LogP contribution in [0.5, 0.6) is 0 Å². The average molecular weight is 198 g/mol. The van der Waals surface area contributed by atoms with Crippen LogP contribution in [0.2, 0.25) is 0 Å². The Morgan fingerprint density at radius 2 is 1.64 bits per heavy atom. The summed E-state index contributed by atoms with van der Waals surface area (Å²) in [5, 5.41) is 18.7. The van der Waals surface area contributed by atoms with Crippen LogP contribution < -0.4 is 0 Å². The molecule has 0 saturated carbocycles. The van der Waals surface area contributed by atoms with Gasteiger partial charge in [0.15, 0.2) is 0 Å². The van der Waals surface area contributed by atoms with Gasteiger partial charge in [-0.25, -0.2) is 0 Å². The molecule has 14 heavy (non-hydrogen) atoms. The highest BCUT2D eigenvalue weighted by molar-refractivity contribution is 4.94. The summed E-state index contributed by atoms with van der Waals surface area (Å²) < 4.78 is 0. The third kappa shape index (κ3) is 8.02. The first kappa shape index (κ1) is 13.4. The Labute approximate surface area is 87.0 Å². The number of hydrogen-bond donors (Lipinski definition) is 2. The molecule has 0 spiro atoms. The topological polar surface area (TPSA) is 40.5 Å². The maximum absolute atomic E-state index is 9.46. The second kappa shape index (κ2) is 8.97. The minimum absolute atomic E-state index is 0.421. The molecule has 2 heteroatoms. The van der Waals surface area contributed by atoms with E-state index in [1.165, 1.54) is 0 Å². The average Bonchev–Trinajstić information content (AvgIpc) is 2.21. The molecule has 0 aromatic carbocycles. The van der Waals surface area contributed by atoms with Gasteiger partial charge in [-0.2, -0.15) is 0 Å². The lowest BCUT2D eigenvalue weighted by molar-refractivity contribution is 0.200. The highest BCUT2D eigenvalue weighted by Gasteiger charge is 1.98. The van der Waals surface area contributed by atoms with Gasteiger partial charge >= 0.3 is 0 Å². The monoisotopic (exact) mass is 198 g/mol. The summed E-state index contributed by atoms with van der Waals surface area (Å²) in [5.74, 6) is 0. The molecule has 0 aromatic heterocycles. The molecule has 2 nitrogen and oxygen atoms in total. The SMILES string of the molecule is CCC=CCCC(O)C=CC(O)CC. The van der Waals surface area contributed by atoms with Crippen LogP contribution in [0.15, 0.2) is 24.3 Å². The van der Waals surface area contributed by atoms with Crippen molar-refractivity contribution >= 4 is 0 Å². The number of aliphatic hydroxyl groups is 2.